The summed E-state index contributed by atoms with van der Waals surface area (Å²) in [5, 5.41) is 0.717. The van der Waals surface area contributed by atoms with Crippen LogP contribution in [0.3, 0.4) is 0 Å². The third-order valence-corrected chi connectivity index (χ3v) is 6.74. The van der Waals surface area contributed by atoms with E-state index in [-0.39, 0.29) is 17.6 Å². The Bertz CT molecular complexity index is 877. The Labute approximate surface area is 170 Å². The van der Waals surface area contributed by atoms with Gasteiger partial charge >= 0.3 is 0 Å². The summed E-state index contributed by atoms with van der Waals surface area (Å²) in [5.41, 5.74) is 1.56. The largest absolute Gasteiger partial charge is 0.486 e. The van der Waals surface area contributed by atoms with Crippen molar-refractivity contribution in [3.05, 3.63) is 64.7 Å². The van der Waals surface area contributed by atoms with Gasteiger partial charge in [-0.2, -0.15) is 0 Å². The number of likely N-dealkylation sites (tertiary alicyclic amines) is 1. The van der Waals surface area contributed by atoms with Gasteiger partial charge in [0, 0.05) is 54.6 Å². The zero-order chi connectivity index (χ0) is 19.1. The van der Waals surface area contributed by atoms with E-state index >= 15 is 0 Å². The first-order valence-electron chi connectivity index (χ1n) is 10.1. The van der Waals surface area contributed by atoms with E-state index in [1.54, 1.807) is 0 Å². The van der Waals surface area contributed by atoms with Gasteiger partial charge in [-0.25, -0.2) is 0 Å². The summed E-state index contributed by atoms with van der Waals surface area (Å²) in [7, 11) is 0. The second-order valence-electron chi connectivity index (χ2n) is 8.05. The van der Waals surface area contributed by atoms with Crippen LogP contribution in [-0.4, -0.2) is 36.1 Å². The van der Waals surface area contributed by atoms with Gasteiger partial charge in [0.25, 0.3) is 5.91 Å². The van der Waals surface area contributed by atoms with Gasteiger partial charge in [0.2, 0.25) is 0 Å². The minimum Gasteiger partial charge on any atom is -0.486 e. The molecule has 4 nitrogen and oxygen atoms in total. The quantitative estimate of drug-likeness (QED) is 0.688. The smallest absolute Gasteiger partial charge is 0.253 e. The van der Waals surface area contributed by atoms with Crippen LogP contribution in [0.2, 0.25) is 5.02 Å². The molecule has 0 aliphatic carbocycles. The number of carbonyl (C=O) groups is 1. The van der Waals surface area contributed by atoms with Crippen molar-refractivity contribution in [3.8, 4) is 5.75 Å². The van der Waals surface area contributed by atoms with E-state index < -0.39 is 0 Å². The number of hydrogen-bond acceptors (Lipinski definition) is 3. The lowest BCUT2D eigenvalue weighted by atomic mass is 9.70. The van der Waals surface area contributed by atoms with E-state index in [0.29, 0.717) is 19.0 Å². The first kappa shape index (κ1) is 18.0. The molecule has 0 N–H and O–H groups in total. The maximum Gasteiger partial charge on any atom is 0.253 e. The second kappa shape index (κ2) is 7.09. The zero-order valence-electron chi connectivity index (χ0n) is 15.8. The fraction of sp³-hybridized carbons (Fsp3) is 0.435. The number of carbonyl (C=O) groups excluding carboxylic acids is 1. The summed E-state index contributed by atoms with van der Waals surface area (Å²) in [6.07, 6.45) is 3.83. The molecule has 2 fully saturated rings. The van der Waals surface area contributed by atoms with Crippen molar-refractivity contribution in [2.75, 3.05) is 19.7 Å². The molecule has 3 aliphatic heterocycles. The van der Waals surface area contributed by atoms with Gasteiger partial charge in [-0.3, -0.25) is 4.79 Å². The highest BCUT2D eigenvalue weighted by molar-refractivity contribution is 6.30. The number of fused-ring (bicyclic) bond motifs is 4. The Morgan fingerprint density at radius 3 is 2.68 bits per heavy atom. The topological polar surface area (TPSA) is 38.8 Å². The van der Waals surface area contributed by atoms with Crippen LogP contribution in [0.1, 0.15) is 47.7 Å². The normalized spacial score (nSPS) is 25.5. The standard InChI is InChI=1S/C23H24ClNO3/c24-17-8-9-20-18(15-17)21-19(7-4-14-27-21)23(28-20)10-12-25(13-11-23)22(26)16-5-2-1-3-6-16/h1-3,5-6,8-9,15,19,21H,4,7,10-14H2/t19-,21+/m0/s1. The third-order valence-electron chi connectivity index (χ3n) is 6.51. The third kappa shape index (κ3) is 2.99. The first-order valence-corrected chi connectivity index (χ1v) is 10.5. The van der Waals surface area contributed by atoms with Crippen LogP contribution < -0.4 is 4.74 Å². The predicted molar refractivity (Wildman–Crippen MR) is 108 cm³/mol. The maximum absolute atomic E-state index is 12.8. The van der Waals surface area contributed by atoms with Crippen molar-refractivity contribution in [3.63, 3.8) is 0 Å². The molecule has 5 rings (SSSR count). The SMILES string of the molecule is O=C(c1ccccc1)N1CCC2(CC1)Oc1ccc(Cl)cc1[C@H]1OCCC[C@@H]12. The predicted octanol–water partition coefficient (Wildman–Crippen LogP) is 4.88. The fourth-order valence-electron chi connectivity index (χ4n) is 5.08. The molecule has 0 bridgehead atoms. The molecule has 3 heterocycles. The molecular formula is C23H24ClNO3. The second-order valence-corrected chi connectivity index (χ2v) is 8.48. The molecule has 2 aromatic rings. The van der Waals surface area contributed by atoms with Crippen molar-refractivity contribution in [1.82, 2.24) is 4.90 Å². The zero-order valence-corrected chi connectivity index (χ0v) is 16.5. The first-order chi connectivity index (χ1) is 13.7. The molecule has 0 saturated carbocycles. The molecule has 2 saturated heterocycles. The average molecular weight is 398 g/mol. The van der Waals surface area contributed by atoms with Crippen molar-refractivity contribution in [1.29, 1.82) is 0 Å². The Hall–Kier alpha value is -2.04. The van der Waals surface area contributed by atoms with Gasteiger partial charge in [-0.15, -0.1) is 0 Å². The van der Waals surface area contributed by atoms with Gasteiger partial charge < -0.3 is 14.4 Å². The molecule has 0 radical (unpaired) electrons. The van der Waals surface area contributed by atoms with E-state index in [1.807, 2.05) is 53.4 Å². The highest BCUT2D eigenvalue weighted by Crippen LogP contribution is 2.53. The fourth-order valence-corrected chi connectivity index (χ4v) is 5.26. The van der Waals surface area contributed by atoms with Crippen molar-refractivity contribution in [2.24, 2.45) is 5.92 Å². The lowest BCUT2D eigenvalue weighted by Crippen LogP contribution is -2.57. The average Bonchev–Trinajstić information content (AvgIpc) is 2.75. The summed E-state index contributed by atoms with van der Waals surface area (Å²) in [6.45, 7) is 2.20. The number of nitrogens with zero attached hydrogens (tertiary/aromatic N) is 1. The minimum absolute atomic E-state index is 0.0348. The number of rotatable bonds is 1. The van der Waals surface area contributed by atoms with Crippen LogP contribution in [-0.2, 0) is 4.74 Å². The summed E-state index contributed by atoms with van der Waals surface area (Å²) in [6, 6.07) is 15.4. The number of ether oxygens (including phenoxy) is 2. The summed E-state index contributed by atoms with van der Waals surface area (Å²) >= 11 is 6.24. The number of halogens is 1. The number of hydrogen-bond donors (Lipinski definition) is 0. The van der Waals surface area contributed by atoms with Crippen LogP contribution in [0.4, 0.5) is 0 Å². The lowest BCUT2D eigenvalue weighted by molar-refractivity contribution is -0.147. The van der Waals surface area contributed by atoms with Gasteiger partial charge in [-0.05, 0) is 43.2 Å². The highest BCUT2D eigenvalue weighted by Gasteiger charge is 2.52. The lowest BCUT2D eigenvalue weighted by Gasteiger charge is -2.53. The molecule has 1 spiro atoms. The number of piperidine rings is 1. The molecule has 5 heteroatoms. The van der Waals surface area contributed by atoms with Crippen LogP contribution in [0.5, 0.6) is 5.75 Å². The summed E-state index contributed by atoms with van der Waals surface area (Å²) in [4.78, 5) is 14.8. The van der Waals surface area contributed by atoms with Crippen molar-refractivity contribution >= 4 is 17.5 Å². The molecule has 1 amide bonds. The van der Waals surface area contributed by atoms with E-state index in [4.69, 9.17) is 21.1 Å². The molecule has 0 aromatic heterocycles. The van der Waals surface area contributed by atoms with Crippen LogP contribution >= 0.6 is 11.6 Å². The van der Waals surface area contributed by atoms with E-state index in [0.717, 1.165) is 54.2 Å². The van der Waals surface area contributed by atoms with E-state index in [9.17, 15) is 4.79 Å². The Morgan fingerprint density at radius 1 is 1.11 bits per heavy atom. The van der Waals surface area contributed by atoms with E-state index in [1.165, 1.54) is 0 Å². The molecular weight excluding hydrogens is 374 g/mol. The van der Waals surface area contributed by atoms with Crippen LogP contribution in [0.15, 0.2) is 48.5 Å². The molecule has 2 aromatic carbocycles. The van der Waals surface area contributed by atoms with Crippen LogP contribution in [0, 0.1) is 5.92 Å². The van der Waals surface area contributed by atoms with Gasteiger partial charge in [0.15, 0.2) is 0 Å². The van der Waals surface area contributed by atoms with Gasteiger partial charge in [0.1, 0.15) is 11.4 Å². The van der Waals surface area contributed by atoms with Crippen LogP contribution in [0.25, 0.3) is 0 Å². The van der Waals surface area contributed by atoms with Crippen molar-refractivity contribution < 1.29 is 14.3 Å². The van der Waals surface area contributed by atoms with E-state index in [2.05, 4.69) is 0 Å². The Kier molecular flexibility index (Phi) is 4.56. The Balaban J connectivity index is 1.40. The molecule has 146 valence electrons. The number of benzene rings is 2. The molecule has 2 atom stereocenters. The van der Waals surface area contributed by atoms with Crippen molar-refractivity contribution in [2.45, 2.75) is 37.4 Å². The van der Waals surface area contributed by atoms with Gasteiger partial charge in [0.05, 0.1) is 6.10 Å². The van der Waals surface area contributed by atoms with Gasteiger partial charge in [-0.1, -0.05) is 29.8 Å². The summed E-state index contributed by atoms with van der Waals surface area (Å²) in [5.74, 6) is 1.30. The highest BCUT2D eigenvalue weighted by atomic mass is 35.5. The summed E-state index contributed by atoms with van der Waals surface area (Å²) < 4.78 is 12.9. The number of amides is 1. The molecule has 28 heavy (non-hydrogen) atoms. The minimum atomic E-state index is -0.264. The molecule has 3 aliphatic rings. The maximum atomic E-state index is 12.8. The Morgan fingerprint density at radius 2 is 1.89 bits per heavy atom. The monoisotopic (exact) mass is 397 g/mol. The molecule has 0 unspecified atom stereocenters.